The summed E-state index contributed by atoms with van der Waals surface area (Å²) in [4.78, 5) is 11.0. The van der Waals surface area contributed by atoms with Gasteiger partial charge in [-0.3, -0.25) is 4.79 Å². The SMILES string of the molecule is CC(F)(F)C(=O)c1ccc(OC(F)(F)F)cc1. The van der Waals surface area contributed by atoms with E-state index in [-0.39, 0.29) is 5.56 Å². The van der Waals surface area contributed by atoms with Crippen molar-refractivity contribution in [2.45, 2.75) is 19.2 Å². The molecule has 0 amide bonds. The summed E-state index contributed by atoms with van der Waals surface area (Å²) in [5.74, 6) is -5.60. The van der Waals surface area contributed by atoms with Crippen molar-refractivity contribution in [1.29, 1.82) is 0 Å². The van der Waals surface area contributed by atoms with Gasteiger partial charge in [-0.25, -0.2) is 0 Å². The van der Waals surface area contributed by atoms with Gasteiger partial charge in [0.15, 0.2) is 0 Å². The van der Waals surface area contributed by atoms with Gasteiger partial charge in [-0.15, -0.1) is 13.2 Å². The first-order valence-corrected chi connectivity index (χ1v) is 4.38. The fourth-order valence-corrected chi connectivity index (χ4v) is 1.06. The van der Waals surface area contributed by atoms with Crippen LogP contribution in [-0.4, -0.2) is 18.1 Å². The minimum Gasteiger partial charge on any atom is -0.406 e. The van der Waals surface area contributed by atoms with Crippen LogP contribution in [0.3, 0.4) is 0 Å². The molecule has 0 spiro atoms. The van der Waals surface area contributed by atoms with E-state index < -0.39 is 23.8 Å². The number of rotatable bonds is 3. The van der Waals surface area contributed by atoms with Gasteiger partial charge in [0.1, 0.15) is 5.75 Å². The highest BCUT2D eigenvalue weighted by Gasteiger charge is 2.34. The molecule has 1 rings (SSSR count). The number of halogens is 5. The van der Waals surface area contributed by atoms with Crippen molar-refractivity contribution in [1.82, 2.24) is 0 Å². The van der Waals surface area contributed by atoms with Gasteiger partial charge in [-0.2, -0.15) is 8.78 Å². The Bertz CT molecular complexity index is 402. The van der Waals surface area contributed by atoms with Crippen molar-refractivity contribution in [3.63, 3.8) is 0 Å². The summed E-state index contributed by atoms with van der Waals surface area (Å²) < 4.78 is 64.1. The Morgan fingerprint density at radius 1 is 1.06 bits per heavy atom. The largest absolute Gasteiger partial charge is 0.573 e. The summed E-state index contributed by atoms with van der Waals surface area (Å²) in [7, 11) is 0. The fraction of sp³-hybridized carbons (Fsp3) is 0.300. The van der Waals surface area contributed by atoms with Gasteiger partial charge < -0.3 is 4.74 Å². The lowest BCUT2D eigenvalue weighted by atomic mass is 10.1. The van der Waals surface area contributed by atoms with Crippen LogP contribution >= 0.6 is 0 Å². The standard InChI is InChI=1S/C10H7F5O2/c1-9(11,12)8(16)6-2-4-7(5-3-6)17-10(13,14)15/h2-5H,1H3. The summed E-state index contributed by atoms with van der Waals surface area (Å²) in [6, 6.07) is 3.29. The Balaban J connectivity index is 2.86. The van der Waals surface area contributed by atoms with Crippen LogP contribution in [0.15, 0.2) is 24.3 Å². The number of carbonyl (C=O) groups is 1. The van der Waals surface area contributed by atoms with Crippen molar-refractivity contribution in [2.75, 3.05) is 0 Å². The highest BCUT2D eigenvalue weighted by Crippen LogP contribution is 2.25. The van der Waals surface area contributed by atoms with Crippen LogP contribution in [0.25, 0.3) is 0 Å². The van der Waals surface area contributed by atoms with Crippen LogP contribution in [0.4, 0.5) is 22.0 Å². The maximum atomic E-state index is 12.6. The molecule has 0 aliphatic heterocycles. The third kappa shape index (κ3) is 4.01. The molecule has 0 fully saturated rings. The molecule has 7 heteroatoms. The molecule has 0 aromatic heterocycles. The number of alkyl halides is 5. The molecule has 0 unspecified atom stereocenters. The number of ketones is 1. The summed E-state index contributed by atoms with van der Waals surface area (Å²) in [5, 5.41) is 0. The minimum atomic E-state index is -4.86. The molecule has 17 heavy (non-hydrogen) atoms. The molecule has 0 saturated heterocycles. The second kappa shape index (κ2) is 4.31. The maximum Gasteiger partial charge on any atom is 0.573 e. The van der Waals surface area contributed by atoms with E-state index in [4.69, 9.17) is 0 Å². The highest BCUT2D eigenvalue weighted by molar-refractivity contribution is 6.01. The lowest BCUT2D eigenvalue weighted by Crippen LogP contribution is -2.24. The van der Waals surface area contributed by atoms with E-state index in [0.29, 0.717) is 6.92 Å². The van der Waals surface area contributed by atoms with E-state index in [2.05, 4.69) is 4.74 Å². The van der Waals surface area contributed by atoms with Gasteiger partial charge in [0, 0.05) is 12.5 Å². The van der Waals surface area contributed by atoms with Crippen LogP contribution in [0.2, 0.25) is 0 Å². The maximum absolute atomic E-state index is 12.6. The van der Waals surface area contributed by atoms with E-state index in [0.717, 1.165) is 24.3 Å². The summed E-state index contributed by atoms with van der Waals surface area (Å²) in [6.45, 7) is 0.412. The number of hydrogen-bond acceptors (Lipinski definition) is 2. The zero-order chi connectivity index (χ0) is 13.3. The minimum absolute atomic E-state index is 0.382. The Hall–Kier alpha value is -1.66. The second-order valence-electron chi connectivity index (χ2n) is 3.29. The first kappa shape index (κ1) is 13.4. The molecule has 0 aliphatic carbocycles. The molecule has 1 aromatic carbocycles. The normalized spacial score (nSPS) is 12.4. The molecule has 2 nitrogen and oxygen atoms in total. The second-order valence-corrected chi connectivity index (χ2v) is 3.29. The van der Waals surface area contributed by atoms with E-state index >= 15 is 0 Å². The van der Waals surface area contributed by atoms with Crippen LogP contribution in [0.1, 0.15) is 17.3 Å². The predicted molar refractivity (Wildman–Crippen MR) is 48.1 cm³/mol. The van der Waals surface area contributed by atoms with E-state index in [9.17, 15) is 26.7 Å². The average Bonchev–Trinajstić information content (AvgIpc) is 2.14. The molecule has 0 radical (unpaired) electrons. The topological polar surface area (TPSA) is 26.3 Å². The Morgan fingerprint density at radius 3 is 1.88 bits per heavy atom. The van der Waals surface area contributed by atoms with E-state index in [1.165, 1.54) is 0 Å². The summed E-state index contributed by atoms with van der Waals surface area (Å²) in [5.41, 5.74) is -0.382. The van der Waals surface area contributed by atoms with Crippen molar-refractivity contribution in [3.8, 4) is 5.75 Å². The first-order valence-electron chi connectivity index (χ1n) is 4.38. The average molecular weight is 254 g/mol. The van der Waals surface area contributed by atoms with Gasteiger partial charge in [0.25, 0.3) is 0 Å². The molecule has 0 heterocycles. The summed E-state index contributed by atoms with van der Waals surface area (Å²) in [6.07, 6.45) is -4.86. The molecular weight excluding hydrogens is 247 g/mol. The summed E-state index contributed by atoms with van der Waals surface area (Å²) >= 11 is 0. The van der Waals surface area contributed by atoms with Crippen LogP contribution in [0.5, 0.6) is 5.75 Å². The number of benzene rings is 1. The quantitative estimate of drug-likeness (QED) is 0.610. The van der Waals surface area contributed by atoms with Gasteiger partial charge in [0.05, 0.1) is 0 Å². The molecule has 0 atom stereocenters. The fourth-order valence-electron chi connectivity index (χ4n) is 1.06. The smallest absolute Gasteiger partial charge is 0.406 e. The lowest BCUT2D eigenvalue weighted by Gasteiger charge is -2.11. The number of Topliss-reactive ketones (excluding diaryl/α,β-unsaturated/α-hetero) is 1. The number of hydrogen-bond donors (Lipinski definition) is 0. The van der Waals surface area contributed by atoms with Crippen molar-refractivity contribution >= 4 is 5.78 Å². The zero-order valence-corrected chi connectivity index (χ0v) is 8.52. The molecule has 0 aliphatic rings. The first-order chi connectivity index (χ1) is 7.59. The molecule has 1 aromatic rings. The third-order valence-corrected chi connectivity index (χ3v) is 1.75. The predicted octanol–water partition coefficient (Wildman–Crippen LogP) is 3.42. The highest BCUT2D eigenvalue weighted by atomic mass is 19.4. The molecule has 0 saturated carbocycles. The lowest BCUT2D eigenvalue weighted by molar-refractivity contribution is -0.274. The van der Waals surface area contributed by atoms with Crippen molar-refractivity contribution < 1.29 is 31.5 Å². The molecule has 0 N–H and O–H groups in total. The number of carbonyl (C=O) groups excluding carboxylic acids is 1. The van der Waals surface area contributed by atoms with Gasteiger partial charge in [-0.05, 0) is 24.3 Å². The monoisotopic (exact) mass is 254 g/mol. The van der Waals surface area contributed by atoms with Gasteiger partial charge in [-0.1, -0.05) is 0 Å². The van der Waals surface area contributed by atoms with E-state index in [1.54, 1.807) is 0 Å². The molecule has 0 bridgehead atoms. The molecule has 94 valence electrons. The van der Waals surface area contributed by atoms with Crippen LogP contribution in [-0.2, 0) is 0 Å². The van der Waals surface area contributed by atoms with Crippen molar-refractivity contribution in [2.24, 2.45) is 0 Å². The zero-order valence-electron chi connectivity index (χ0n) is 8.52. The molecular formula is C10H7F5O2. The third-order valence-electron chi connectivity index (χ3n) is 1.75. The van der Waals surface area contributed by atoms with Crippen LogP contribution < -0.4 is 4.74 Å². The Morgan fingerprint density at radius 2 is 1.53 bits per heavy atom. The van der Waals surface area contributed by atoms with Crippen LogP contribution in [0, 0.1) is 0 Å². The van der Waals surface area contributed by atoms with Gasteiger partial charge >= 0.3 is 12.3 Å². The van der Waals surface area contributed by atoms with Gasteiger partial charge in [0.2, 0.25) is 5.78 Å². The number of ether oxygens (including phenoxy) is 1. The van der Waals surface area contributed by atoms with E-state index in [1.807, 2.05) is 0 Å². The Labute approximate surface area is 93.0 Å². The van der Waals surface area contributed by atoms with Crippen molar-refractivity contribution in [3.05, 3.63) is 29.8 Å². The Kier molecular flexibility index (Phi) is 3.40.